The Morgan fingerprint density at radius 3 is 2.04 bits per heavy atom. The van der Waals surface area contributed by atoms with E-state index in [1.54, 1.807) is 12.4 Å². The number of piperidine rings is 2. The second-order valence-electron chi connectivity index (χ2n) is 7.58. The molecule has 2 N–H and O–H groups in total. The highest BCUT2D eigenvalue weighted by Crippen LogP contribution is 2.34. The van der Waals surface area contributed by atoms with Crippen molar-refractivity contribution in [2.75, 3.05) is 41.7 Å². The largest absolute Gasteiger partial charge is 0.368 e. The van der Waals surface area contributed by atoms with Gasteiger partial charge >= 0.3 is 0 Å². The topological polar surface area (TPSA) is 84.1 Å². The van der Waals surface area contributed by atoms with E-state index < -0.39 is 0 Å². The summed E-state index contributed by atoms with van der Waals surface area (Å²) in [6.07, 6.45) is 8.18. The van der Waals surface area contributed by atoms with Gasteiger partial charge in [-0.1, -0.05) is 11.6 Å². The maximum Gasteiger partial charge on any atom is 0.225 e. The minimum Gasteiger partial charge on any atom is -0.368 e. The maximum absolute atomic E-state index is 5.89. The summed E-state index contributed by atoms with van der Waals surface area (Å²) >= 11 is 5.89. The summed E-state index contributed by atoms with van der Waals surface area (Å²) in [6.45, 7) is 6.09. The third-order valence-corrected chi connectivity index (χ3v) is 6.01. The van der Waals surface area contributed by atoms with Crippen LogP contribution in [0.1, 0.15) is 31.4 Å². The summed E-state index contributed by atoms with van der Waals surface area (Å²) in [7, 11) is 0. The normalized spacial score (nSPS) is 19.5. The number of halogens is 1. The Morgan fingerprint density at radius 2 is 1.48 bits per heavy atom. The van der Waals surface area contributed by atoms with Gasteiger partial charge in [-0.2, -0.15) is 4.98 Å². The van der Waals surface area contributed by atoms with Crippen LogP contribution in [0.2, 0.25) is 5.02 Å². The van der Waals surface area contributed by atoms with E-state index in [0.717, 1.165) is 55.5 Å². The Hall–Kier alpha value is -2.15. The van der Waals surface area contributed by atoms with Gasteiger partial charge in [0.25, 0.3) is 0 Å². The first-order valence-electron chi connectivity index (χ1n) is 9.67. The highest BCUT2D eigenvalue weighted by molar-refractivity contribution is 6.30. The monoisotopic (exact) mass is 387 g/mol. The van der Waals surface area contributed by atoms with Crippen LogP contribution in [-0.2, 0) is 0 Å². The molecule has 0 atom stereocenters. The van der Waals surface area contributed by atoms with Crippen molar-refractivity contribution in [3.63, 3.8) is 0 Å². The van der Waals surface area contributed by atoms with E-state index in [9.17, 15) is 0 Å². The summed E-state index contributed by atoms with van der Waals surface area (Å²) in [4.78, 5) is 21.9. The highest BCUT2D eigenvalue weighted by atomic mass is 35.5. The maximum atomic E-state index is 5.89. The molecule has 2 aliphatic rings. The summed E-state index contributed by atoms with van der Waals surface area (Å²) in [5, 5.41) is 0.584. The minimum absolute atomic E-state index is 0.365. The number of nitrogens with zero attached hydrogens (tertiary/aromatic N) is 6. The Bertz CT molecular complexity index is 746. The number of hydrogen-bond acceptors (Lipinski definition) is 7. The zero-order valence-corrected chi connectivity index (χ0v) is 16.4. The fraction of sp³-hybridized carbons (Fsp3) is 0.579. The van der Waals surface area contributed by atoms with E-state index in [2.05, 4.69) is 29.7 Å². The highest BCUT2D eigenvalue weighted by Gasteiger charge is 2.30. The lowest BCUT2D eigenvalue weighted by molar-refractivity contribution is 0.232. The van der Waals surface area contributed by atoms with E-state index >= 15 is 0 Å². The zero-order valence-electron chi connectivity index (χ0n) is 15.7. The number of nitrogens with two attached hydrogens (primary N) is 1. The lowest BCUT2D eigenvalue weighted by Crippen LogP contribution is -2.41. The molecular formula is C19H26ClN7. The predicted octanol–water partition coefficient (Wildman–Crippen LogP) is 2.94. The van der Waals surface area contributed by atoms with Crippen LogP contribution in [0.25, 0.3) is 0 Å². The summed E-state index contributed by atoms with van der Waals surface area (Å²) in [5.41, 5.74) is 6.74. The van der Waals surface area contributed by atoms with E-state index in [0.29, 0.717) is 11.0 Å². The molecule has 0 aliphatic carbocycles. The molecule has 4 rings (SSSR count). The minimum atomic E-state index is 0.365. The average Bonchev–Trinajstić information content (AvgIpc) is 2.68. The standard InChI is InChI=1S/C19H26ClN7/c1-13-10-17(25-18(21)24-13)26-6-2-14(3-7-26)15-4-8-27(9-5-15)19-22-11-16(20)12-23-19/h10-12,14-15H,2-9H2,1H3,(H2,21,24,25). The van der Waals surface area contributed by atoms with Crippen LogP contribution in [0.15, 0.2) is 18.5 Å². The fourth-order valence-corrected chi connectivity index (χ4v) is 4.47. The Labute approximate surface area is 165 Å². The summed E-state index contributed by atoms with van der Waals surface area (Å²) in [6, 6.07) is 2.03. The molecule has 2 aromatic heterocycles. The Morgan fingerprint density at radius 1 is 0.926 bits per heavy atom. The van der Waals surface area contributed by atoms with Gasteiger partial charge in [-0.25, -0.2) is 15.0 Å². The SMILES string of the molecule is Cc1cc(N2CCC(C3CCN(c4ncc(Cl)cn4)CC3)CC2)nc(N)n1. The van der Waals surface area contributed by atoms with Gasteiger partial charge in [0.1, 0.15) is 5.82 Å². The van der Waals surface area contributed by atoms with Crippen molar-refractivity contribution in [1.29, 1.82) is 0 Å². The first kappa shape index (κ1) is 18.2. The van der Waals surface area contributed by atoms with Crippen LogP contribution in [-0.4, -0.2) is 46.1 Å². The van der Waals surface area contributed by atoms with E-state index in [4.69, 9.17) is 17.3 Å². The lowest BCUT2D eigenvalue weighted by Gasteiger charge is -2.40. The molecule has 7 nitrogen and oxygen atoms in total. The predicted molar refractivity (Wildman–Crippen MR) is 108 cm³/mol. The molecule has 2 saturated heterocycles. The van der Waals surface area contributed by atoms with E-state index in [1.165, 1.54) is 25.7 Å². The van der Waals surface area contributed by atoms with Crippen LogP contribution < -0.4 is 15.5 Å². The molecule has 0 amide bonds. The molecule has 2 aliphatic heterocycles. The number of aromatic nitrogens is 4. The van der Waals surface area contributed by atoms with E-state index in [1.807, 2.05) is 13.0 Å². The van der Waals surface area contributed by atoms with Crippen molar-refractivity contribution >= 4 is 29.3 Å². The summed E-state index contributed by atoms with van der Waals surface area (Å²) < 4.78 is 0. The molecule has 0 aromatic carbocycles. The molecule has 0 bridgehead atoms. The van der Waals surface area contributed by atoms with Crippen LogP contribution in [0.3, 0.4) is 0 Å². The second-order valence-corrected chi connectivity index (χ2v) is 8.01. The van der Waals surface area contributed by atoms with Gasteiger partial charge in [-0.3, -0.25) is 0 Å². The van der Waals surface area contributed by atoms with Gasteiger partial charge in [0.2, 0.25) is 11.9 Å². The van der Waals surface area contributed by atoms with Crippen molar-refractivity contribution < 1.29 is 0 Å². The Kier molecular flexibility index (Phi) is 5.29. The van der Waals surface area contributed by atoms with Crippen LogP contribution >= 0.6 is 11.6 Å². The molecule has 8 heteroatoms. The number of rotatable bonds is 3. The zero-order chi connectivity index (χ0) is 18.8. The number of nitrogen functional groups attached to an aromatic ring is 1. The molecule has 2 aromatic rings. The third kappa shape index (κ3) is 4.24. The second kappa shape index (κ2) is 7.84. The Balaban J connectivity index is 1.30. The van der Waals surface area contributed by atoms with Crippen LogP contribution in [0.5, 0.6) is 0 Å². The average molecular weight is 388 g/mol. The van der Waals surface area contributed by atoms with Gasteiger partial charge in [0.15, 0.2) is 0 Å². The van der Waals surface area contributed by atoms with Crippen LogP contribution in [0.4, 0.5) is 17.7 Å². The number of hydrogen-bond donors (Lipinski definition) is 1. The molecule has 2 fully saturated rings. The molecule has 0 saturated carbocycles. The molecule has 0 radical (unpaired) electrons. The molecule has 0 spiro atoms. The lowest BCUT2D eigenvalue weighted by atomic mass is 9.79. The van der Waals surface area contributed by atoms with Crippen molar-refractivity contribution in [3.8, 4) is 0 Å². The van der Waals surface area contributed by atoms with Crippen molar-refractivity contribution in [3.05, 3.63) is 29.2 Å². The fourth-order valence-electron chi connectivity index (χ4n) is 4.38. The molecular weight excluding hydrogens is 362 g/mol. The van der Waals surface area contributed by atoms with Crippen molar-refractivity contribution in [2.24, 2.45) is 11.8 Å². The number of anilines is 3. The molecule has 4 heterocycles. The van der Waals surface area contributed by atoms with Gasteiger partial charge in [0, 0.05) is 37.9 Å². The van der Waals surface area contributed by atoms with Gasteiger partial charge in [0.05, 0.1) is 17.4 Å². The first-order valence-corrected chi connectivity index (χ1v) is 10.0. The van der Waals surface area contributed by atoms with Gasteiger partial charge in [-0.05, 0) is 44.4 Å². The van der Waals surface area contributed by atoms with Gasteiger partial charge < -0.3 is 15.5 Å². The smallest absolute Gasteiger partial charge is 0.225 e. The quantitative estimate of drug-likeness (QED) is 0.866. The first-order chi connectivity index (χ1) is 13.1. The van der Waals surface area contributed by atoms with Crippen molar-refractivity contribution in [1.82, 2.24) is 19.9 Å². The molecule has 144 valence electrons. The van der Waals surface area contributed by atoms with Crippen molar-refractivity contribution in [2.45, 2.75) is 32.6 Å². The van der Waals surface area contributed by atoms with E-state index in [-0.39, 0.29) is 0 Å². The summed E-state index contributed by atoms with van der Waals surface area (Å²) in [5.74, 6) is 3.70. The molecule has 0 unspecified atom stereocenters. The number of aryl methyl sites for hydroxylation is 1. The third-order valence-electron chi connectivity index (χ3n) is 5.82. The van der Waals surface area contributed by atoms with Crippen LogP contribution in [0, 0.1) is 18.8 Å². The molecule has 27 heavy (non-hydrogen) atoms. The van der Waals surface area contributed by atoms with Gasteiger partial charge in [-0.15, -0.1) is 0 Å².